The van der Waals surface area contributed by atoms with E-state index in [2.05, 4.69) is 36.4 Å². The lowest BCUT2D eigenvalue weighted by atomic mass is 10.1. The third kappa shape index (κ3) is 0.841. The Morgan fingerprint density at radius 1 is 1.00 bits per heavy atom. The Kier molecular flexibility index (Phi) is 1.42. The summed E-state index contributed by atoms with van der Waals surface area (Å²) in [5.41, 5.74) is 2.51. The van der Waals surface area contributed by atoms with E-state index in [0.717, 1.165) is 5.76 Å². The zero-order valence-corrected chi connectivity index (χ0v) is 7.95. The van der Waals surface area contributed by atoms with Gasteiger partial charge < -0.3 is 4.74 Å². The Labute approximate surface area is 82.3 Å². The summed E-state index contributed by atoms with van der Waals surface area (Å²) in [6.07, 6.45) is 10.5. The van der Waals surface area contributed by atoms with Gasteiger partial charge in [-0.3, -0.25) is 0 Å². The molecule has 1 nitrogen and oxygen atoms in total. The van der Waals surface area contributed by atoms with Gasteiger partial charge in [-0.25, -0.2) is 0 Å². The Bertz CT molecular complexity index is 574. The van der Waals surface area contributed by atoms with Crippen LogP contribution in [0.1, 0.15) is 11.1 Å². The molecule has 0 fully saturated rings. The second kappa shape index (κ2) is 2.61. The fraction of sp³-hybridized carbons (Fsp3) is 0.0769. The summed E-state index contributed by atoms with van der Waals surface area (Å²) in [5, 5.41) is 2.53. The third-order valence-electron chi connectivity index (χ3n) is 2.73. The quantitative estimate of drug-likeness (QED) is 0.635. The van der Waals surface area contributed by atoms with Crippen molar-refractivity contribution in [2.24, 2.45) is 0 Å². The molecule has 14 heavy (non-hydrogen) atoms. The molecule has 0 aliphatic heterocycles. The summed E-state index contributed by atoms with van der Waals surface area (Å²) >= 11 is 0. The summed E-state index contributed by atoms with van der Waals surface area (Å²) in [4.78, 5) is 0. The molecule has 0 N–H and O–H groups in total. The first-order chi connectivity index (χ1) is 6.90. The number of ether oxygens (including phenoxy) is 1. The van der Waals surface area contributed by atoms with Gasteiger partial charge in [-0.15, -0.1) is 0 Å². The van der Waals surface area contributed by atoms with Crippen LogP contribution in [0.5, 0.6) is 0 Å². The maximum atomic E-state index is 5.34. The fourth-order valence-corrected chi connectivity index (χ4v) is 2.06. The number of benzene rings is 1. The topological polar surface area (TPSA) is 9.23 Å². The molecule has 0 heterocycles. The first-order valence-electron chi connectivity index (χ1n) is 4.68. The average molecular weight is 182 g/mol. The first kappa shape index (κ1) is 7.63. The number of fused-ring (bicyclic) bond motifs is 3. The van der Waals surface area contributed by atoms with Crippen LogP contribution >= 0.6 is 0 Å². The van der Waals surface area contributed by atoms with Crippen LogP contribution in [0.25, 0.3) is 24.0 Å². The normalized spacial score (nSPS) is 15.4. The average Bonchev–Trinajstić information content (AvgIpc) is 2.82. The highest BCUT2D eigenvalue weighted by Crippen LogP contribution is 2.20. The molecule has 0 saturated carbocycles. The van der Waals surface area contributed by atoms with Gasteiger partial charge >= 0.3 is 0 Å². The van der Waals surface area contributed by atoms with Crippen LogP contribution < -0.4 is 10.4 Å². The highest BCUT2D eigenvalue weighted by Gasteiger charge is 2.14. The number of hydrogen-bond acceptors (Lipinski definition) is 1. The number of hydrogen-bond donors (Lipinski definition) is 0. The van der Waals surface area contributed by atoms with Crippen molar-refractivity contribution >= 4 is 24.0 Å². The van der Waals surface area contributed by atoms with Crippen LogP contribution in [0, 0.1) is 0 Å². The molecule has 0 aromatic heterocycles. The molecular formula is C13H10O. The van der Waals surface area contributed by atoms with E-state index in [-0.39, 0.29) is 0 Å². The van der Waals surface area contributed by atoms with Crippen molar-refractivity contribution in [3.05, 3.63) is 45.8 Å². The fourth-order valence-electron chi connectivity index (χ4n) is 2.06. The summed E-state index contributed by atoms with van der Waals surface area (Å²) in [6, 6.07) is 4.29. The van der Waals surface area contributed by atoms with Crippen LogP contribution in [0.2, 0.25) is 0 Å². The van der Waals surface area contributed by atoms with Crippen molar-refractivity contribution in [3.63, 3.8) is 0 Å². The molecule has 3 rings (SSSR count). The van der Waals surface area contributed by atoms with Crippen molar-refractivity contribution < 1.29 is 4.74 Å². The molecule has 0 spiro atoms. The standard InChI is InChI=1S/C13H10O/c1-14-12-8-7-10-6-5-9-3-2-4-11(9)13(10)12/h2-8H,1H3. The molecule has 2 aliphatic carbocycles. The van der Waals surface area contributed by atoms with Crippen LogP contribution in [-0.4, -0.2) is 7.11 Å². The minimum Gasteiger partial charge on any atom is -0.496 e. The molecule has 0 saturated heterocycles. The molecule has 1 aromatic rings. The van der Waals surface area contributed by atoms with E-state index in [1.165, 1.54) is 21.6 Å². The van der Waals surface area contributed by atoms with Gasteiger partial charge in [0, 0.05) is 5.56 Å². The minimum absolute atomic E-state index is 0.969. The number of allylic oxidation sites excluding steroid dienone is 2. The SMILES string of the molecule is COC1=CC=c2ccc3c(c21)C=CC=3. The van der Waals surface area contributed by atoms with Gasteiger partial charge in [0.1, 0.15) is 5.76 Å². The van der Waals surface area contributed by atoms with Crippen LogP contribution in [-0.2, 0) is 4.74 Å². The zero-order valence-electron chi connectivity index (χ0n) is 7.95. The predicted molar refractivity (Wildman–Crippen MR) is 58.6 cm³/mol. The summed E-state index contributed by atoms with van der Waals surface area (Å²) < 4.78 is 5.34. The summed E-state index contributed by atoms with van der Waals surface area (Å²) in [7, 11) is 1.72. The van der Waals surface area contributed by atoms with Gasteiger partial charge in [-0.05, 0) is 22.1 Å². The van der Waals surface area contributed by atoms with Crippen molar-refractivity contribution in [2.75, 3.05) is 7.11 Å². The molecule has 0 bridgehead atoms. The van der Waals surface area contributed by atoms with Gasteiger partial charge in [-0.2, -0.15) is 0 Å². The van der Waals surface area contributed by atoms with E-state index in [4.69, 9.17) is 4.74 Å². The third-order valence-corrected chi connectivity index (χ3v) is 2.73. The lowest BCUT2D eigenvalue weighted by molar-refractivity contribution is 0.370. The summed E-state index contributed by atoms with van der Waals surface area (Å²) in [5.74, 6) is 0.969. The molecular weight excluding hydrogens is 172 g/mol. The van der Waals surface area contributed by atoms with E-state index < -0.39 is 0 Å². The summed E-state index contributed by atoms with van der Waals surface area (Å²) in [6.45, 7) is 0. The van der Waals surface area contributed by atoms with Gasteiger partial charge in [0.2, 0.25) is 0 Å². The highest BCUT2D eigenvalue weighted by atomic mass is 16.5. The molecule has 68 valence electrons. The Balaban J connectivity index is 2.41. The maximum absolute atomic E-state index is 5.34. The van der Waals surface area contributed by atoms with Crippen molar-refractivity contribution in [1.29, 1.82) is 0 Å². The van der Waals surface area contributed by atoms with Crippen LogP contribution in [0.3, 0.4) is 0 Å². The van der Waals surface area contributed by atoms with Gasteiger partial charge in [0.25, 0.3) is 0 Å². The van der Waals surface area contributed by atoms with Gasteiger partial charge in [-0.1, -0.05) is 36.4 Å². The Morgan fingerprint density at radius 2 is 1.86 bits per heavy atom. The van der Waals surface area contributed by atoms with Crippen molar-refractivity contribution in [3.8, 4) is 0 Å². The molecule has 1 aromatic carbocycles. The van der Waals surface area contributed by atoms with Crippen molar-refractivity contribution in [1.82, 2.24) is 0 Å². The van der Waals surface area contributed by atoms with E-state index in [0.29, 0.717) is 0 Å². The van der Waals surface area contributed by atoms with Crippen LogP contribution in [0.4, 0.5) is 0 Å². The molecule has 1 heteroatoms. The van der Waals surface area contributed by atoms with Crippen LogP contribution in [0.15, 0.2) is 24.3 Å². The molecule has 0 atom stereocenters. The van der Waals surface area contributed by atoms with E-state index in [1.807, 2.05) is 6.08 Å². The van der Waals surface area contributed by atoms with Gasteiger partial charge in [0.05, 0.1) is 7.11 Å². The Morgan fingerprint density at radius 3 is 2.71 bits per heavy atom. The van der Waals surface area contributed by atoms with Crippen molar-refractivity contribution in [2.45, 2.75) is 0 Å². The van der Waals surface area contributed by atoms with E-state index in [9.17, 15) is 0 Å². The maximum Gasteiger partial charge on any atom is 0.127 e. The largest absolute Gasteiger partial charge is 0.496 e. The van der Waals surface area contributed by atoms with E-state index >= 15 is 0 Å². The first-order valence-corrected chi connectivity index (χ1v) is 4.68. The molecule has 2 aliphatic rings. The highest BCUT2D eigenvalue weighted by molar-refractivity contribution is 5.83. The smallest absolute Gasteiger partial charge is 0.127 e. The molecule has 0 radical (unpaired) electrons. The zero-order chi connectivity index (χ0) is 9.54. The number of methoxy groups -OCH3 is 1. The Hall–Kier alpha value is -1.76. The van der Waals surface area contributed by atoms with E-state index in [1.54, 1.807) is 7.11 Å². The number of rotatable bonds is 1. The lowest BCUT2D eigenvalue weighted by Gasteiger charge is -2.06. The lowest BCUT2D eigenvalue weighted by Crippen LogP contribution is -2.15. The minimum atomic E-state index is 0.969. The molecule has 0 amide bonds. The monoisotopic (exact) mass is 182 g/mol. The molecule has 0 unspecified atom stereocenters. The predicted octanol–water partition coefficient (Wildman–Crippen LogP) is 1.28. The van der Waals surface area contributed by atoms with Gasteiger partial charge in [0.15, 0.2) is 0 Å². The second-order valence-corrected chi connectivity index (χ2v) is 3.46. The second-order valence-electron chi connectivity index (χ2n) is 3.46.